The van der Waals surface area contributed by atoms with Crippen molar-refractivity contribution < 1.29 is 88.5 Å². The number of likely N-dealkylation sites (tertiary alicyclic amines) is 4. The lowest BCUT2D eigenvalue weighted by Gasteiger charge is -2.45. The summed E-state index contributed by atoms with van der Waals surface area (Å²) in [4.78, 5) is 64.8. The van der Waals surface area contributed by atoms with Crippen molar-refractivity contribution in [3.8, 4) is 74.6 Å². The molecule has 4 fully saturated rings. The second kappa shape index (κ2) is 36.5. The zero-order chi connectivity index (χ0) is 92.9. The van der Waals surface area contributed by atoms with Gasteiger partial charge < -0.3 is 80.7 Å². The van der Waals surface area contributed by atoms with Crippen LogP contribution in [0.5, 0.6) is 51.7 Å². The molecule has 12 aromatic rings. The predicted molar refractivity (Wildman–Crippen MR) is 487 cm³/mol. The van der Waals surface area contributed by atoms with Crippen molar-refractivity contribution >= 4 is 35.2 Å². The number of pyridine rings is 1. The summed E-state index contributed by atoms with van der Waals surface area (Å²) in [6.45, 7) is 16.8. The second-order valence-electron chi connectivity index (χ2n) is 35.3. The molecule has 20 rings (SSSR count). The van der Waals surface area contributed by atoms with Crippen molar-refractivity contribution in [2.24, 2.45) is 5.92 Å². The fourth-order valence-electron chi connectivity index (χ4n) is 19.6. The van der Waals surface area contributed by atoms with E-state index in [1.807, 2.05) is 133 Å². The summed E-state index contributed by atoms with van der Waals surface area (Å²) >= 11 is 6.19. The first-order valence-corrected chi connectivity index (χ1v) is 44.8. The highest BCUT2D eigenvalue weighted by atomic mass is 35.5. The van der Waals surface area contributed by atoms with Gasteiger partial charge in [0.05, 0.1) is 86.0 Å². The molecule has 0 aliphatic carbocycles. The standard InChI is InChI=1S/C27H29FN2O3.C27H31N3O4.C26H25F3N2O5.C23H20ClFN2O2/c1-18-16-19(7-9-21(18)26(2,3)32-4)25(31)29-14-11-27(12-15-29)24-6-5-13-30(24)22-10-8-20(28)17-23(22)33-27;1-19(2)10-17-33-21-9-8-20(18-23(21)32-3)26(31)29-15-11-27(12-16-29)24-7-5-14-30(24)25-22(34-27)6-4-13-28-25;1-33-19-9-8-16(22(34-2)23(19)35-3)24(32)30-14-12-25(13-15-30)20-10-11-21(26(27,28)29)31(20)17-6-4-5-7-18(17)36-25;1-15-13-17(25)5-6-18(15)22(28)26-11-8-23(9-12-26)21-3-2-10-27(21)19-7-4-16(24)14-20(19)29-23/h5-10,13,16-17H,11-12,14-15H2,1-4H3;4-9,13-14,18-19H,10-12,15-17H2,1-3H3;4-11H,12-15H2,1-3H3;2-7,10,13-14H,8-9,11-12H2,1H3. The molecule has 0 atom stereocenters. The Bertz CT molecular complexity index is 6340. The molecule has 7 aromatic carbocycles. The number of benzene rings is 7. The number of para-hydroxylation sites is 2. The highest BCUT2D eigenvalue weighted by Crippen LogP contribution is 2.53. The van der Waals surface area contributed by atoms with Crippen LogP contribution in [0.2, 0.25) is 5.02 Å². The number of methoxy groups -OCH3 is 5. The second-order valence-corrected chi connectivity index (χ2v) is 35.7. The number of aryl methyl sites for hydroxylation is 2. The van der Waals surface area contributed by atoms with Gasteiger partial charge in [0, 0.05) is 169 Å². The van der Waals surface area contributed by atoms with E-state index in [1.165, 1.54) is 56.2 Å². The van der Waals surface area contributed by atoms with Crippen molar-refractivity contribution in [3.63, 3.8) is 0 Å². The van der Waals surface area contributed by atoms with Crippen LogP contribution in [0, 0.1) is 31.4 Å². The monoisotopic (exact) mass is 1820 g/mol. The SMILES string of the molecule is COC(C)(C)c1ccc(C(=O)N2CCC3(CC2)Oc2cc(F)ccc2-n2cccc23)cc1C.COc1cc(C(=O)N2CCC3(CC2)Oc2cccnc2-n2cccc23)ccc1OCCC(C)C.COc1ccc(C(=O)N2CCC3(CC2)Oc2ccccc2-n2c(C(F)(F)F)ccc23)c(OC)c1OC.Cc1cc(F)ccc1C(=O)N1CCC2(CC1)Oc1cc(Cl)ccc1-n1cccc12. The van der Waals surface area contributed by atoms with Crippen molar-refractivity contribution in [1.29, 1.82) is 0 Å². The maximum absolute atomic E-state index is 13.9. The zero-order valence-corrected chi connectivity index (χ0v) is 76.3. The molecule has 4 spiro atoms. The van der Waals surface area contributed by atoms with Crippen LogP contribution in [-0.4, -0.2) is 161 Å². The van der Waals surface area contributed by atoms with Gasteiger partial charge in [0.25, 0.3) is 23.6 Å². The average molecular weight is 1820 g/mol. The molecule has 8 aliphatic rings. The molecule has 5 aromatic heterocycles. The Balaban J connectivity index is 0.000000123. The fraction of sp³-hybridized carbons (Fsp3) is 0.350. The van der Waals surface area contributed by atoms with Gasteiger partial charge in [-0.1, -0.05) is 43.6 Å². The summed E-state index contributed by atoms with van der Waals surface area (Å²) in [6.07, 6.45) is 8.98. The third-order valence-electron chi connectivity index (χ3n) is 26.7. The van der Waals surface area contributed by atoms with E-state index in [4.69, 9.17) is 59.0 Å². The number of fused-ring (bicyclic) bond motifs is 16. The molecule has 0 N–H and O–H groups in total. The first kappa shape index (κ1) is 90.7. The molecule has 0 bridgehead atoms. The van der Waals surface area contributed by atoms with Crippen LogP contribution in [0.15, 0.2) is 213 Å². The Kier molecular flexibility index (Phi) is 25.1. The van der Waals surface area contributed by atoms with E-state index in [2.05, 4.69) is 50.7 Å². The number of piperidine rings is 4. The van der Waals surface area contributed by atoms with Gasteiger partial charge in [0.1, 0.15) is 34.6 Å². The lowest BCUT2D eigenvalue weighted by Crippen LogP contribution is -2.50. The average Bonchev–Trinajstić information content (AvgIpc) is 1.52. The molecule has 13 heterocycles. The number of aromatic nitrogens is 5. The van der Waals surface area contributed by atoms with E-state index < -0.39 is 39.9 Å². The van der Waals surface area contributed by atoms with Crippen LogP contribution >= 0.6 is 11.6 Å². The van der Waals surface area contributed by atoms with Gasteiger partial charge in [-0.05, 0) is 214 Å². The molecule has 0 radical (unpaired) electrons. The number of alkyl halides is 3. The first-order valence-electron chi connectivity index (χ1n) is 44.4. The van der Waals surface area contributed by atoms with Gasteiger partial charge in [-0.2, -0.15) is 13.2 Å². The summed E-state index contributed by atoms with van der Waals surface area (Å²) in [5, 5.41) is 0.633. The van der Waals surface area contributed by atoms with Crippen LogP contribution in [0.4, 0.5) is 22.0 Å². The van der Waals surface area contributed by atoms with Crippen LogP contribution in [0.1, 0.15) is 172 Å². The Hall–Kier alpha value is -13.2. The van der Waals surface area contributed by atoms with Gasteiger partial charge in [-0.15, -0.1) is 0 Å². The molecule has 23 nitrogen and oxygen atoms in total. The van der Waals surface area contributed by atoms with Crippen LogP contribution in [0.3, 0.4) is 0 Å². The quantitative estimate of drug-likeness (QED) is 0.0928. The van der Waals surface area contributed by atoms with E-state index in [1.54, 1.807) is 86.8 Å². The number of hydrogen-bond donors (Lipinski definition) is 0. The maximum Gasteiger partial charge on any atom is 0.431 e. The minimum Gasteiger partial charge on any atom is -0.493 e. The molecule has 29 heteroatoms. The number of rotatable bonds is 14. The molecule has 688 valence electrons. The molecule has 4 amide bonds. The van der Waals surface area contributed by atoms with Gasteiger partial charge in [0.15, 0.2) is 57.0 Å². The normalized spacial score (nSPS) is 16.4. The molecule has 0 unspecified atom stereocenters. The van der Waals surface area contributed by atoms with E-state index in [0.29, 0.717) is 182 Å². The summed E-state index contributed by atoms with van der Waals surface area (Å²) < 4.78 is 135. The molecule has 8 aliphatic heterocycles. The predicted octanol–water partition coefficient (Wildman–Crippen LogP) is 20.3. The number of hydrogen-bond acceptors (Lipinski definition) is 15. The minimum atomic E-state index is -4.52. The Labute approximate surface area is 767 Å². The molecular formula is C103H105ClF5N9O14. The molecule has 0 saturated carbocycles. The first-order chi connectivity index (χ1) is 63.4. The number of amides is 4. The van der Waals surface area contributed by atoms with E-state index in [9.17, 15) is 41.1 Å². The Morgan fingerprint density at radius 2 is 0.932 bits per heavy atom. The van der Waals surface area contributed by atoms with Crippen LogP contribution in [0.25, 0.3) is 22.9 Å². The minimum absolute atomic E-state index is 0.00450. The van der Waals surface area contributed by atoms with Gasteiger partial charge in [0.2, 0.25) is 5.75 Å². The highest BCUT2D eigenvalue weighted by Gasteiger charge is 2.52. The summed E-state index contributed by atoms with van der Waals surface area (Å²) in [7, 11) is 7.69. The van der Waals surface area contributed by atoms with Crippen molar-refractivity contribution in [1.82, 2.24) is 42.9 Å². The summed E-state index contributed by atoms with van der Waals surface area (Å²) in [5.74, 6) is 5.13. The summed E-state index contributed by atoms with van der Waals surface area (Å²) in [6, 6.07) is 54.5. The maximum atomic E-state index is 13.9. The van der Waals surface area contributed by atoms with E-state index in [0.717, 1.165) is 69.4 Å². The van der Waals surface area contributed by atoms with Crippen molar-refractivity contribution in [3.05, 3.63) is 297 Å². The molecule has 4 saturated heterocycles. The summed E-state index contributed by atoms with van der Waals surface area (Å²) in [5.41, 5.74) is 7.08. The van der Waals surface area contributed by atoms with E-state index >= 15 is 0 Å². The number of halogens is 6. The fourth-order valence-corrected chi connectivity index (χ4v) is 19.7. The van der Waals surface area contributed by atoms with Crippen molar-refractivity contribution in [2.75, 3.05) is 94.5 Å². The number of nitrogens with zero attached hydrogens (tertiary/aromatic N) is 9. The van der Waals surface area contributed by atoms with Gasteiger partial charge >= 0.3 is 6.18 Å². The molecular weight excluding hydrogens is 1720 g/mol. The number of carbonyl (C=O) groups is 4. The Morgan fingerprint density at radius 3 is 1.49 bits per heavy atom. The lowest BCUT2D eigenvalue weighted by molar-refractivity contribution is -0.143. The van der Waals surface area contributed by atoms with Gasteiger partial charge in [-0.25, -0.2) is 13.8 Å². The van der Waals surface area contributed by atoms with Crippen LogP contribution < -0.4 is 42.6 Å². The van der Waals surface area contributed by atoms with Gasteiger partial charge in [-0.3, -0.25) is 23.7 Å². The topological polar surface area (TPSA) is 206 Å². The third kappa shape index (κ3) is 17.1. The highest BCUT2D eigenvalue weighted by molar-refractivity contribution is 6.30. The smallest absolute Gasteiger partial charge is 0.431 e. The molecule has 132 heavy (non-hydrogen) atoms. The van der Waals surface area contributed by atoms with E-state index in [-0.39, 0.29) is 54.1 Å². The third-order valence-corrected chi connectivity index (χ3v) is 27.0. The van der Waals surface area contributed by atoms with Crippen molar-refractivity contribution in [2.45, 2.75) is 134 Å². The largest absolute Gasteiger partial charge is 0.493 e. The number of carbonyl (C=O) groups excluding carboxylic acids is 4. The number of ether oxygens (including phenoxy) is 10. The zero-order valence-electron chi connectivity index (χ0n) is 75.5. The van der Waals surface area contributed by atoms with Crippen LogP contribution in [-0.2, 0) is 38.9 Å². The lowest BCUT2D eigenvalue weighted by atomic mass is 9.86. The Morgan fingerprint density at radius 1 is 0.447 bits per heavy atom.